The number of Topliss-reactive ketones (excluding diaryl/α,β-unsaturated/α-hetero) is 2. The number of nitrogens with one attached hydrogen (secondary N) is 1. The molecule has 2 aromatic rings. The molecule has 0 aliphatic carbocycles. The van der Waals surface area contributed by atoms with Crippen LogP contribution in [0.1, 0.15) is 44.2 Å². The summed E-state index contributed by atoms with van der Waals surface area (Å²) in [6, 6.07) is 18.4. The molecule has 0 aromatic heterocycles. The fraction of sp³-hybridized carbons (Fsp3) is 0.367. The molecule has 1 heterocycles. The Labute approximate surface area is 237 Å². The average Bonchev–Trinajstić information content (AvgIpc) is 3.46. The van der Waals surface area contributed by atoms with Gasteiger partial charge in [0.1, 0.15) is 11.4 Å². The molecule has 1 N–H and O–H groups in total. The number of halogens is 1. The topological polar surface area (TPSA) is 111 Å². The maximum absolute atomic E-state index is 13.7. The van der Waals surface area contributed by atoms with Gasteiger partial charge in [0.05, 0.1) is 12.5 Å². The molecule has 8 nitrogen and oxygen atoms in total. The molecule has 4 unspecified atom stereocenters. The Morgan fingerprint density at radius 2 is 1.59 bits per heavy atom. The third kappa shape index (κ3) is 8.03. The molecule has 0 spiro atoms. The second-order valence-electron chi connectivity index (χ2n) is 9.39. The molecule has 1 aliphatic heterocycles. The highest BCUT2D eigenvalue weighted by atomic mass is 79.9. The van der Waals surface area contributed by atoms with Crippen LogP contribution < -0.4 is 5.48 Å². The number of hydroxylamine groups is 1. The van der Waals surface area contributed by atoms with Crippen LogP contribution in [0, 0.1) is 11.8 Å². The van der Waals surface area contributed by atoms with E-state index in [0.717, 1.165) is 11.1 Å². The Balaban J connectivity index is 1.74. The van der Waals surface area contributed by atoms with Crippen molar-refractivity contribution in [2.45, 2.75) is 56.7 Å². The van der Waals surface area contributed by atoms with Gasteiger partial charge in [0, 0.05) is 25.0 Å². The smallest absolute Gasteiger partial charge is 0.310 e. The highest BCUT2D eigenvalue weighted by Crippen LogP contribution is 2.34. The van der Waals surface area contributed by atoms with E-state index in [1.54, 1.807) is 19.1 Å². The third-order valence-corrected chi connectivity index (χ3v) is 7.69. The number of ketones is 2. The van der Waals surface area contributed by atoms with Gasteiger partial charge in [-0.3, -0.25) is 29.0 Å². The summed E-state index contributed by atoms with van der Waals surface area (Å²) in [6.07, 6.45) is 5.22. The SMILES string of the molecule is CCCC(=O)C1(C(Br)C(=O)C(C)C(CC(=O)NOCc2ccccc2)C(=O)OCc2ccccc2)C=CC=N1. The maximum atomic E-state index is 13.7. The molecule has 0 radical (unpaired) electrons. The lowest BCUT2D eigenvalue weighted by atomic mass is 9.79. The summed E-state index contributed by atoms with van der Waals surface area (Å²) in [5.74, 6) is -3.98. The number of hydrogen-bond donors (Lipinski definition) is 1. The van der Waals surface area contributed by atoms with Crippen molar-refractivity contribution in [3.05, 3.63) is 83.9 Å². The number of ether oxygens (including phenoxy) is 1. The van der Waals surface area contributed by atoms with Gasteiger partial charge in [-0.2, -0.15) is 0 Å². The van der Waals surface area contributed by atoms with Crippen molar-refractivity contribution in [1.29, 1.82) is 0 Å². The minimum atomic E-state index is -1.39. The largest absolute Gasteiger partial charge is 0.461 e. The fourth-order valence-corrected chi connectivity index (χ4v) is 5.19. The van der Waals surface area contributed by atoms with E-state index in [-0.39, 0.29) is 31.8 Å². The van der Waals surface area contributed by atoms with Gasteiger partial charge in [-0.15, -0.1) is 0 Å². The number of alkyl halides is 1. The Hall–Kier alpha value is -3.43. The Morgan fingerprint density at radius 3 is 2.15 bits per heavy atom. The number of hydrogen-bond acceptors (Lipinski definition) is 7. The number of amides is 1. The van der Waals surface area contributed by atoms with Crippen LogP contribution in [-0.4, -0.2) is 40.0 Å². The highest BCUT2D eigenvalue weighted by Gasteiger charge is 2.48. The number of carbonyl (C=O) groups excluding carboxylic acids is 4. The predicted molar refractivity (Wildman–Crippen MR) is 151 cm³/mol. The molecule has 0 saturated carbocycles. The summed E-state index contributed by atoms with van der Waals surface area (Å²) in [4.78, 5) is 61.3. The normalized spacial score (nSPS) is 18.2. The highest BCUT2D eigenvalue weighted by molar-refractivity contribution is 9.10. The molecule has 3 rings (SSSR count). The van der Waals surface area contributed by atoms with E-state index in [4.69, 9.17) is 9.57 Å². The van der Waals surface area contributed by atoms with Crippen LogP contribution in [0.4, 0.5) is 0 Å². The van der Waals surface area contributed by atoms with E-state index in [9.17, 15) is 19.2 Å². The first-order valence-corrected chi connectivity index (χ1v) is 13.8. The second-order valence-corrected chi connectivity index (χ2v) is 10.3. The number of carbonyl (C=O) groups is 4. The van der Waals surface area contributed by atoms with Crippen molar-refractivity contribution in [2.24, 2.45) is 16.8 Å². The van der Waals surface area contributed by atoms with E-state index < -0.39 is 39.9 Å². The van der Waals surface area contributed by atoms with Crippen LogP contribution >= 0.6 is 15.9 Å². The fourth-order valence-electron chi connectivity index (χ4n) is 4.24. The van der Waals surface area contributed by atoms with E-state index in [1.165, 1.54) is 6.21 Å². The van der Waals surface area contributed by atoms with Gasteiger partial charge in [0.25, 0.3) is 0 Å². The number of nitrogens with zero attached hydrogens (tertiary/aromatic N) is 1. The van der Waals surface area contributed by atoms with Gasteiger partial charge < -0.3 is 4.74 Å². The zero-order valence-corrected chi connectivity index (χ0v) is 23.6. The number of rotatable bonds is 15. The first-order chi connectivity index (χ1) is 18.8. The van der Waals surface area contributed by atoms with Gasteiger partial charge in [-0.05, 0) is 29.7 Å². The number of esters is 1. The lowest BCUT2D eigenvalue weighted by Gasteiger charge is -2.31. The Bertz CT molecular complexity index is 1190. The molecule has 39 heavy (non-hydrogen) atoms. The molecule has 4 atom stereocenters. The van der Waals surface area contributed by atoms with Gasteiger partial charge in [-0.1, -0.05) is 90.4 Å². The summed E-state index contributed by atoms with van der Waals surface area (Å²) in [7, 11) is 0. The van der Waals surface area contributed by atoms with Crippen LogP contribution in [0.5, 0.6) is 0 Å². The van der Waals surface area contributed by atoms with E-state index in [2.05, 4.69) is 26.4 Å². The zero-order chi connectivity index (χ0) is 28.3. The summed E-state index contributed by atoms with van der Waals surface area (Å²) in [5.41, 5.74) is 2.59. The van der Waals surface area contributed by atoms with E-state index in [1.807, 2.05) is 67.6 Å². The van der Waals surface area contributed by atoms with Crippen molar-refractivity contribution in [3.63, 3.8) is 0 Å². The lowest BCUT2D eigenvalue weighted by molar-refractivity contribution is -0.157. The molecule has 1 aliphatic rings. The van der Waals surface area contributed by atoms with E-state index >= 15 is 0 Å². The molecule has 0 fully saturated rings. The van der Waals surface area contributed by atoms with Crippen LogP contribution in [0.25, 0.3) is 0 Å². The quantitative estimate of drug-likeness (QED) is 0.181. The minimum Gasteiger partial charge on any atom is -0.461 e. The number of benzene rings is 2. The number of allylic oxidation sites excluding steroid dienone is 1. The summed E-state index contributed by atoms with van der Waals surface area (Å²) < 4.78 is 5.51. The van der Waals surface area contributed by atoms with Crippen molar-refractivity contribution >= 4 is 45.6 Å². The minimum absolute atomic E-state index is 0.00704. The second kappa shape index (κ2) is 14.6. The van der Waals surface area contributed by atoms with Crippen molar-refractivity contribution < 1.29 is 28.8 Å². The first-order valence-electron chi connectivity index (χ1n) is 12.9. The molecule has 0 saturated heterocycles. The third-order valence-electron chi connectivity index (χ3n) is 6.54. The Morgan fingerprint density at radius 1 is 0.974 bits per heavy atom. The van der Waals surface area contributed by atoms with E-state index in [0.29, 0.717) is 6.42 Å². The summed E-state index contributed by atoms with van der Waals surface area (Å²) in [6.45, 7) is 3.56. The first kappa shape index (κ1) is 30.1. The van der Waals surface area contributed by atoms with Crippen LogP contribution in [0.3, 0.4) is 0 Å². The van der Waals surface area contributed by atoms with Crippen molar-refractivity contribution in [1.82, 2.24) is 5.48 Å². The monoisotopic (exact) mass is 596 g/mol. The molecule has 2 aromatic carbocycles. The number of aliphatic imine (C=N–C) groups is 1. The summed E-state index contributed by atoms with van der Waals surface area (Å²) >= 11 is 3.41. The predicted octanol–water partition coefficient (Wildman–Crippen LogP) is 4.70. The summed E-state index contributed by atoms with van der Waals surface area (Å²) in [5, 5.41) is 0. The van der Waals surface area contributed by atoms with Gasteiger partial charge >= 0.3 is 5.97 Å². The van der Waals surface area contributed by atoms with Gasteiger partial charge in [0.15, 0.2) is 17.1 Å². The molecule has 9 heteroatoms. The maximum Gasteiger partial charge on any atom is 0.310 e. The van der Waals surface area contributed by atoms with Crippen molar-refractivity contribution in [2.75, 3.05) is 0 Å². The standard InChI is InChI=1S/C30H33BrN2O6/c1-3-11-25(34)30(16-10-17-32-30)28(31)27(36)21(2)24(29(37)38-19-22-12-6-4-7-13-22)18-26(35)33-39-20-23-14-8-5-9-15-23/h4-10,12-17,21,24,28H,3,11,18-20H2,1-2H3,(H,33,35). The average molecular weight is 598 g/mol. The van der Waals surface area contributed by atoms with Gasteiger partial charge in [-0.25, -0.2) is 5.48 Å². The van der Waals surface area contributed by atoms with Crippen LogP contribution in [0.2, 0.25) is 0 Å². The van der Waals surface area contributed by atoms with Crippen LogP contribution in [0.15, 0.2) is 77.8 Å². The molecule has 206 valence electrons. The Kier molecular flexibility index (Phi) is 11.3. The van der Waals surface area contributed by atoms with Gasteiger partial charge in [0.2, 0.25) is 5.91 Å². The molecular weight excluding hydrogens is 564 g/mol. The molecular formula is C30H33BrN2O6. The lowest BCUT2D eigenvalue weighted by Crippen LogP contribution is -2.49. The molecule has 1 amide bonds. The van der Waals surface area contributed by atoms with Crippen LogP contribution in [-0.2, 0) is 42.0 Å². The molecule has 0 bridgehead atoms. The van der Waals surface area contributed by atoms with Crippen molar-refractivity contribution in [3.8, 4) is 0 Å². The zero-order valence-electron chi connectivity index (χ0n) is 22.0.